The molecule has 1 amide bonds. The van der Waals surface area contributed by atoms with Crippen molar-refractivity contribution in [2.75, 3.05) is 33.2 Å². The summed E-state index contributed by atoms with van der Waals surface area (Å²) < 4.78 is 26.8. The van der Waals surface area contributed by atoms with E-state index in [4.69, 9.17) is 11.6 Å². The van der Waals surface area contributed by atoms with Crippen LogP contribution in [0.3, 0.4) is 0 Å². The predicted molar refractivity (Wildman–Crippen MR) is 78.6 cm³/mol. The molecule has 2 N–H and O–H groups in total. The summed E-state index contributed by atoms with van der Waals surface area (Å²) in [6.45, 7) is 0.966. The average Bonchev–Trinajstić information content (AvgIpc) is 2.49. The highest BCUT2D eigenvalue weighted by Gasteiger charge is 2.29. The molecule has 0 radical (unpaired) electrons. The van der Waals surface area contributed by atoms with Crippen molar-refractivity contribution in [3.8, 4) is 5.75 Å². The van der Waals surface area contributed by atoms with Gasteiger partial charge in [0.1, 0.15) is 5.75 Å². The molecule has 1 aliphatic rings. The number of nitrogens with zero attached hydrogens (tertiary/aromatic N) is 2. The zero-order valence-corrected chi connectivity index (χ0v) is 13.0. The largest absolute Gasteiger partial charge is 0.508 e. The van der Waals surface area contributed by atoms with Gasteiger partial charge in [0.05, 0.1) is 10.6 Å². The highest BCUT2D eigenvalue weighted by atomic mass is 35.5. The fourth-order valence-corrected chi connectivity index (χ4v) is 3.21. The Bertz CT molecular complexity index is 642. The maximum absolute atomic E-state index is 12.3. The number of phenols is 1. The zero-order chi connectivity index (χ0) is 15.6. The minimum absolute atomic E-state index is 0.0425. The van der Waals surface area contributed by atoms with Gasteiger partial charge in [0.15, 0.2) is 0 Å². The minimum Gasteiger partial charge on any atom is -0.508 e. The Labute approximate surface area is 128 Å². The molecule has 1 aromatic rings. The Hall–Kier alpha value is -1.35. The number of amides is 1. The Morgan fingerprint density at radius 3 is 2.48 bits per heavy atom. The highest BCUT2D eigenvalue weighted by Crippen LogP contribution is 2.23. The molecule has 0 aliphatic carbocycles. The third-order valence-corrected chi connectivity index (χ3v) is 5.19. The van der Waals surface area contributed by atoms with E-state index >= 15 is 0 Å². The summed E-state index contributed by atoms with van der Waals surface area (Å²) in [6, 6.07) is 4.16. The lowest BCUT2D eigenvalue weighted by Gasteiger charge is -2.33. The molecule has 1 saturated heterocycles. The van der Waals surface area contributed by atoms with Crippen LogP contribution in [0.2, 0.25) is 5.02 Å². The normalized spacial score (nSPS) is 17.0. The first-order valence-corrected chi connectivity index (χ1v) is 8.13. The third kappa shape index (κ3) is 3.46. The molecule has 1 fully saturated rings. The number of nitrogens with one attached hydrogen (secondary N) is 1. The zero-order valence-electron chi connectivity index (χ0n) is 11.4. The van der Waals surface area contributed by atoms with Crippen LogP contribution >= 0.6 is 11.6 Å². The molecule has 0 saturated carbocycles. The molecule has 1 aliphatic heterocycles. The van der Waals surface area contributed by atoms with Crippen LogP contribution in [0.5, 0.6) is 5.75 Å². The van der Waals surface area contributed by atoms with E-state index in [1.807, 2.05) is 0 Å². The van der Waals surface area contributed by atoms with E-state index in [1.165, 1.54) is 34.5 Å². The van der Waals surface area contributed by atoms with Crippen LogP contribution in [0.4, 0.5) is 0 Å². The maximum Gasteiger partial charge on any atom is 0.279 e. The molecule has 116 valence electrons. The predicted octanol–water partition coefficient (Wildman–Crippen LogP) is 0.268. The van der Waals surface area contributed by atoms with Gasteiger partial charge in [-0.1, -0.05) is 11.6 Å². The lowest BCUT2D eigenvalue weighted by atomic mass is 10.1. The van der Waals surface area contributed by atoms with Gasteiger partial charge in [-0.3, -0.25) is 4.79 Å². The third-order valence-electron chi connectivity index (χ3n) is 3.30. The van der Waals surface area contributed by atoms with Gasteiger partial charge in [0, 0.05) is 33.2 Å². The lowest BCUT2D eigenvalue weighted by Crippen LogP contribution is -2.52. The minimum atomic E-state index is -3.47. The van der Waals surface area contributed by atoms with Gasteiger partial charge in [0.25, 0.3) is 16.1 Å². The second kappa shape index (κ2) is 6.18. The number of benzene rings is 1. The van der Waals surface area contributed by atoms with Crippen LogP contribution in [-0.2, 0) is 10.2 Å². The molecule has 0 bridgehead atoms. The molecule has 21 heavy (non-hydrogen) atoms. The van der Waals surface area contributed by atoms with Crippen LogP contribution < -0.4 is 4.72 Å². The van der Waals surface area contributed by atoms with E-state index in [0.717, 1.165) is 0 Å². The number of hydrogen-bond donors (Lipinski definition) is 2. The molecule has 2 rings (SSSR count). The van der Waals surface area contributed by atoms with Gasteiger partial charge in [-0.05, 0) is 18.2 Å². The van der Waals surface area contributed by atoms with Crippen LogP contribution in [0.1, 0.15) is 10.4 Å². The molecule has 0 atom stereocenters. The van der Waals surface area contributed by atoms with Gasteiger partial charge >= 0.3 is 0 Å². The van der Waals surface area contributed by atoms with Crippen molar-refractivity contribution in [1.29, 1.82) is 0 Å². The van der Waals surface area contributed by atoms with Gasteiger partial charge in [0.2, 0.25) is 0 Å². The quantitative estimate of drug-likeness (QED) is 0.830. The van der Waals surface area contributed by atoms with Crippen LogP contribution in [0.25, 0.3) is 0 Å². The number of phenolic OH excluding ortho intramolecular Hbond substituents is 1. The van der Waals surface area contributed by atoms with E-state index in [1.54, 1.807) is 0 Å². The Morgan fingerprint density at radius 2 is 1.90 bits per heavy atom. The molecular weight excluding hydrogens is 318 g/mol. The molecule has 1 aromatic carbocycles. The molecule has 0 aromatic heterocycles. The van der Waals surface area contributed by atoms with Crippen molar-refractivity contribution in [1.82, 2.24) is 13.9 Å². The summed E-state index contributed by atoms with van der Waals surface area (Å²) in [5, 5.41) is 9.69. The number of aromatic hydroxyl groups is 1. The number of halogens is 1. The van der Waals surface area contributed by atoms with Gasteiger partial charge < -0.3 is 10.0 Å². The fraction of sp³-hybridized carbons (Fsp3) is 0.417. The van der Waals surface area contributed by atoms with Crippen LogP contribution in [0.15, 0.2) is 18.2 Å². The first kappa shape index (κ1) is 16.0. The van der Waals surface area contributed by atoms with E-state index < -0.39 is 10.2 Å². The second-order valence-electron chi connectivity index (χ2n) is 4.56. The first-order valence-electron chi connectivity index (χ1n) is 6.31. The van der Waals surface area contributed by atoms with Crippen molar-refractivity contribution >= 4 is 27.7 Å². The SMILES string of the molecule is CNS(=O)(=O)N1CCN(C(=O)c2cc(O)ccc2Cl)CC1. The molecule has 0 unspecified atom stereocenters. The average molecular weight is 334 g/mol. The van der Waals surface area contributed by atoms with Crippen molar-refractivity contribution in [2.24, 2.45) is 0 Å². The van der Waals surface area contributed by atoms with Gasteiger partial charge in [-0.2, -0.15) is 12.7 Å². The monoisotopic (exact) mass is 333 g/mol. The smallest absolute Gasteiger partial charge is 0.279 e. The number of carbonyl (C=O) groups is 1. The molecule has 7 nitrogen and oxygen atoms in total. The summed E-state index contributed by atoms with van der Waals surface area (Å²) in [6.07, 6.45) is 0. The molecular formula is C12H16ClN3O4S. The van der Waals surface area contributed by atoms with Crippen LogP contribution in [-0.4, -0.2) is 61.9 Å². The van der Waals surface area contributed by atoms with Crippen molar-refractivity contribution in [2.45, 2.75) is 0 Å². The molecule has 0 spiro atoms. The number of rotatable bonds is 3. The summed E-state index contributed by atoms with van der Waals surface area (Å²) >= 11 is 5.96. The van der Waals surface area contributed by atoms with Crippen molar-refractivity contribution in [3.63, 3.8) is 0 Å². The summed E-state index contributed by atoms with van der Waals surface area (Å²) in [7, 11) is -2.12. The number of hydrogen-bond acceptors (Lipinski definition) is 4. The Morgan fingerprint density at radius 1 is 1.29 bits per heavy atom. The Kier molecular flexibility index (Phi) is 4.72. The van der Waals surface area contributed by atoms with E-state index in [9.17, 15) is 18.3 Å². The standard InChI is InChI=1S/C12H16ClN3O4S/c1-14-21(19,20)16-6-4-15(5-7-16)12(18)10-8-9(17)2-3-11(10)13/h2-3,8,14,17H,4-7H2,1H3. The Balaban J connectivity index is 2.09. The van der Waals surface area contributed by atoms with Crippen molar-refractivity contribution in [3.05, 3.63) is 28.8 Å². The van der Waals surface area contributed by atoms with Crippen LogP contribution in [0, 0.1) is 0 Å². The maximum atomic E-state index is 12.3. The summed E-state index contributed by atoms with van der Waals surface area (Å²) in [5.41, 5.74) is 0.210. The number of carbonyl (C=O) groups excluding carboxylic acids is 1. The molecule has 9 heteroatoms. The highest BCUT2D eigenvalue weighted by molar-refractivity contribution is 7.87. The van der Waals surface area contributed by atoms with Gasteiger partial charge in [-0.25, -0.2) is 4.72 Å². The van der Waals surface area contributed by atoms with E-state index in [-0.39, 0.29) is 48.4 Å². The summed E-state index contributed by atoms with van der Waals surface area (Å²) in [5.74, 6) is -0.364. The first-order chi connectivity index (χ1) is 9.85. The van der Waals surface area contributed by atoms with E-state index in [2.05, 4.69) is 4.72 Å². The molecule has 1 heterocycles. The summed E-state index contributed by atoms with van der Waals surface area (Å²) in [4.78, 5) is 13.9. The van der Waals surface area contributed by atoms with Crippen molar-refractivity contribution < 1.29 is 18.3 Å². The van der Waals surface area contributed by atoms with E-state index in [0.29, 0.717) is 0 Å². The number of piperazine rings is 1. The fourth-order valence-electron chi connectivity index (χ4n) is 2.11. The second-order valence-corrected chi connectivity index (χ2v) is 6.85. The van der Waals surface area contributed by atoms with Gasteiger partial charge in [-0.15, -0.1) is 0 Å². The lowest BCUT2D eigenvalue weighted by molar-refractivity contribution is 0.0697. The topological polar surface area (TPSA) is 90.0 Å².